The van der Waals surface area contributed by atoms with E-state index < -0.39 is 24.4 Å². The number of rotatable bonds is 2. The van der Waals surface area contributed by atoms with Gasteiger partial charge in [-0.1, -0.05) is 0 Å². The fraction of sp³-hybridized carbons (Fsp3) is 0.615. The van der Waals surface area contributed by atoms with E-state index in [0.29, 0.717) is 16.8 Å². The molecule has 0 aliphatic carbocycles. The number of nitrogens with two attached hydrogens (primary N) is 1. The van der Waals surface area contributed by atoms with Gasteiger partial charge < -0.3 is 20.1 Å². The second-order valence-electron chi connectivity index (χ2n) is 5.96. The largest absolute Gasteiger partial charge is 0.498 e. The zero-order chi connectivity index (χ0) is 14.4. The van der Waals surface area contributed by atoms with Crippen molar-refractivity contribution in [1.82, 2.24) is 4.98 Å². The van der Waals surface area contributed by atoms with E-state index in [1.54, 1.807) is 19.2 Å². The Labute approximate surface area is 114 Å². The average Bonchev–Trinajstić information content (AvgIpc) is 2.47. The zero-order valence-electron chi connectivity index (χ0n) is 12.1. The molecule has 2 heterocycles. The molecule has 104 valence electrons. The van der Waals surface area contributed by atoms with E-state index >= 15 is 0 Å². The molecule has 5 nitrogen and oxygen atoms in total. The van der Waals surface area contributed by atoms with Gasteiger partial charge in [-0.05, 0) is 40.7 Å². The molecule has 0 radical (unpaired) electrons. The molecule has 1 saturated heterocycles. The van der Waals surface area contributed by atoms with Crippen LogP contribution >= 0.6 is 0 Å². The van der Waals surface area contributed by atoms with Crippen LogP contribution < -0.4 is 11.2 Å². The number of aliphatic hydroxyl groups is 1. The van der Waals surface area contributed by atoms with Crippen LogP contribution in [0.5, 0.6) is 0 Å². The van der Waals surface area contributed by atoms with Crippen molar-refractivity contribution in [1.29, 1.82) is 0 Å². The number of anilines is 1. The van der Waals surface area contributed by atoms with E-state index in [4.69, 9.17) is 15.0 Å². The fourth-order valence-electron chi connectivity index (χ4n) is 2.06. The number of aliphatic hydroxyl groups excluding tert-OH is 1. The summed E-state index contributed by atoms with van der Waals surface area (Å²) in [5, 5.41) is 9.82. The monoisotopic (exact) mass is 264 g/mol. The maximum Gasteiger partial charge on any atom is 0.498 e. The van der Waals surface area contributed by atoms with Gasteiger partial charge in [-0.3, -0.25) is 4.98 Å². The Balaban J connectivity index is 2.45. The lowest BCUT2D eigenvalue weighted by atomic mass is 9.75. The van der Waals surface area contributed by atoms with Gasteiger partial charge in [0.1, 0.15) is 0 Å². The highest BCUT2D eigenvalue weighted by Gasteiger charge is 2.53. The van der Waals surface area contributed by atoms with E-state index in [1.807, 2.05) is 27.7 Å². The van der Waals surface area contributed by atoms with Crippen LogP contribution in [0.2, 0.25) is 0 Å². The number of hydrogen-bond donors (Lipinski definition) is 2. The van der Waals surface area contributed by atoms with E-state index in [9.17, 15) is 5.11 Å². The van der Waals surface area contributed by atoms with Crippen LogP contribution in [0, 0.1) is 0 Å². The van der Waals surface area contributed by atoms with Crippen LogP contribution in [0.3, 0.4) is 0 Å². The van der Waals surface area contributed by atoms with Gasteiger partial charge in [-0.15, -0.1) is 0 Å². The molecule has 1 aliphatic rings. The second-order valence-corrected chi connectivity index (χ2v) is 5.96. The van der Waals surface area contributed by atoms with Gasteiger partial charge in [0.25, 0.3) is 0 Å². The third-order valence-corrected chi connectivity index (χ3v) is 3.94. The molecule has 1 aliphatic heterocycles. The first kappa shape index (κ1) is 14.3. The van der Waals surface area contributed by atoms with Crippen molar-refractivity contribution >= 4 is 18.3 Å². The van der Waals surface area contributed by atoms with Gasteiger partial charge in [0, 0.05) is 17.3 Å². The molecule has 2 rings (SSSR count). The van der Waals surface area contributed by atoms with E-state index in [0.717, 1.165) is 0 Å². The van der Waals surface area contributed by atoms with Crippen LogP contribution in [-0.4, -0.2) is 28.4 Å². The summed E-state index contributed by atoms with van der Waals surface area (Å²) in [6.07, 6.45) is 0.851. The topological polar surface area (TPSA) is 77.6 Å². The lowest BCUT2D eigenvalue weighted by molar-refractivity contribution is 0.00578. The Morgan fingerprint density at radius 1 is 1.26 bits per heavy atom. The molecule has 1 aromatic rings. The number of hydrogen-bond acceptors (Lipinski definition) is 5. The number of nitrogens with zero attached hydrogens (tertiary/aromatic N) is 1. The summed E-state index contributed by atoms with van der Waals surface area (Å²) >= 11 is 0. The van der Waals surface area contributed by atoms with Gasteiger partial charge in [0.15, 0.2) is 0 Å². The highest BCUT2D eigenvalue weighted by Crippen LogP contribution is 2.37. The second kappa shape index (κ2) is 4.47. The van der Waals surface area contributed by atoms with Gasteiger partial charge in [0.05, 0.1) is 23.0 Å². The molecule has 1 aromatic heterocycles. The molecule has 0 aromatic carbocycles. The summed E-state index contributed by atoms with van der Waals surface area (Å²) in [6, 6.07) is 1.69. The van der Waals surface area contributed by atoms with E-state index in [2.05, 4.69) is 4.98 Å². The molecule has 1 atom stereocenters. The van der Waals surface area contributed by atoms with Gasteiger partial charge >= 0.3 is 7.12 Å². The van der Waals surface area contributed by atoms with Crippen molar-refractivity contribution in [3.8, 4) is 0 Å². The van der Waals surface area contributed by atoms with Gasteiger partial charge in [0.2, 0.25) is 0 Å². The summed E-state index contributed by atoms with van der Waals surface area (Å²) in [7, 11) is -0.608. The minimum Gasteiger partial charge on any atom is -0.399 e. The summed E-state index contributed by atoms with van der Waals surface area (Å²) in [5.74, 6) is 0. The lowest BCUT2D eigenvalue weighted by Crippen LogP contribution is -2.41. The van der Waals surface area contributed by atoms with E-state index in [1.165, 1.54) is 0 Å². The van der Waals surface area contributed by atoms with Crippen molar-refractivity contribution in [2.75, 3.05) is 5.73 Å². The maximum absolute atomic E-state index is 9.82. The lowest BCUT2D eigenvalue weighted by Gasteiger charge is -2.32. The summed E-state index contributed by atoms with van der Waals surface area (Å²) in [5.41, 5.74) is 6.75. The number of aromatic nitrogens is 1. The summed E-state index contributed by atoms with van der Waals surface area (Å²) in [4.78, 5) is 4.19. The average molecular weight is 264 g/mol. The Bertz CT molecular complexity index is 473. The highest BCUT2D eigenvalue weighted by molar-refractivity contribution is 6.64. The van der Waals surface area contributed by atoms with Crippen LogP contribution in [0.4, 0.5) is 5.69 Å². The van der Waals surface area contributed by atoms with Crippen molar-refractivity contribution in [3.05, 3.63) is 18.0 Å². The van der Waals surface area contributed by atoms with Crippen LogP contribution in [0.15, 0.2) is 12.3 Å². The molecule has 1 fully saturated rings. The van der Waals surface area contributed by atoms with Crippen molar-refractivity contribution in [2.24, 2.45) is 0 Å². The molecule has 0 amide bonds. The molecule has 6 heteroatoms. The SMILES string of the molecule is CC(O)c1nccc(N)c1B1OC(C)(C)C(C)(C)O1. The molecule has 0 saturated carbocycles. The third-order valence-electron chi connectivity index (χ3n) is 3.94. The van der Waals surface area contributed by atoms with Crippen LogP contribution in [0.25, 0.3) is 0 Å². The molecular formula is C13H21BN2O3. The first-order valence-electron chi connectivity index (χ1n) is 6.44. The third kappa shape index (κ3) is 2.36. The molecule has 3 N–H and O–H groups in total. The van der Waals surface area contributed by atoms with Crippen molar-refractivity contribution in [2.45, 2.75) is 51.9 Å². The number of nitrogen functional groups attached to an aromatic ring is 1. The molecule has 0 spiro atoms. The first-order chi connectivity index (χ1) is 8.66. The Hall–Kier alpha value is -1.11. The smallest absolute Gasteiger partial charge is 0.399 e. The van der Waals surface area contributed by atoms with Crippen LogP contribution in [-0.2, 0) is 9.31 Å². The van der Waals surface area contributed by atoms with Gasteiger partial charge in [-0.25, -0.2) is 0 Å². The van der Waals surface area contributed by atoms with Gasteiger partial charge in [-0.2, -0.15) is 0 Å². The fourth-order valence-corrected chi connectivity index (χ4v) is 2.06. The van der Waals surface area contributed by atoms with Crippen molar-refractivity contribution in [3.63, 3.8) is 0 Å². The van der Waals surface area contributed by atoms with E-state index in [-0.39, 0.29) is 0 Å². The first-order valence-corrected chi connectivity index (χ1v) is 6.44. The van der Waals surface area contributed by atoms with Crippen LogP contribution in [0.1, 0.15) is 46.4 Å². The zero-order valence-corrected chi connectivity index (χ0v) is 12.1. The predicted octanol–water partition coefficient (Wildman–Crippen LogP) is 1.02. The maximum atomic E-state index is 9.82. The molecule has 19 heavy (non-hydrogen) atoms. The quantitative estimate of drug-likeness (QED) is 0.780. The number of pyridine rings is 1. The summed E-state index contributed by atoms with van der Waals surface area (Å²) in [6.45, 7) is 9.54. The molecule has 1 unspecified atom stereocenters. The minimum absolute atomic E-state index is 0.449. The standard InChI is InChI=1S/C13H21BN2O3/c1-8(17)11-10(9(15)6-7-16-11)14-18-12(2,3)13(4,5)19-14/h6-8,17H,1-5H3,(H2,15,16). The summed E-state index contributed by atoms with van der Waals surface area (Å²) < 4.78 is 11.9. The minimum atomic E-state index is -0.725. The Morgan fingerprint density at radius 3 is 2.26 bits per heavy atom. The Kier molecular flexibility index (Phi) is 3.37. The molecule has 0 bridgehead atoms. The molecular weight excluding hydrogens is 243 g/mol. The Morgan fingerprint density at radius 2 is 1.79 bits per heavy atom. The van der Waals surface area contributed by atoms with Crippen molar-refractivity contribution < 1.29 is 14.4 Å². The highest BCUT2D eigenvalue weighted by atomic mass is 16.7. The normalized spacial score (nSPS) is 22.5. The predicted molar refractivity (Wildman–Crippen MR) is 75.0 cm³/mol.